The van der Waals surface area contributed by atoms with Crippen molar-refractivity contribution < 1.29 is 14.2 Å². The molecular formula is C18H16NO3P. The molecule has 1 heterocycles. The zero-order valence-electron chi connectivity index (χ0n) is 12.3. The molecule has 0 saturated heterocycles. The van der Waals surface area contributed by atoms with Crippen LogP contribution in [-0.4, -0.2) is 10.1 Å². The number of nitrogens with zero attached hydrogens (tertiary/aromatic N) is 1. The van der Waals surface area contributed by atoms with Crippen molar-refractivity contribution in [3.63, 3.8) is 0 Å². The number of aliphatic hydroxyl groups is 1. The van der Waals surface area contributed by atoms with Crippen molar-refractivity contribution >= 4 is 8.38 Å². The molecule has 4 nitrogen and oxygen atoms in total. The highest BCUT2D eigenvalue weighted by molar-refractivity contribution is 7.48. The quantitative estimate of drug-likeness (QED) is 0.676. The van der Waals surface area contributed by atoms with E-state index in [9.17, 15) is 5.11 Å². The standard InChI is InChI=1S/C18H16NO3P/c20-18(17-13-7-8-14-19-17)23(21-15-9-3-1-4-10-15)22-16-11-5-2-6-12-16/h1-14,18,20H. The Morgan fingerprint density at radius 2 is 1.26 bits per heavy atom. The first-order chi connectivity index (χ1) is 11.3. The minimum atomic E-state index is -1.66. The van der Waals surface area contributed by atoms with E-state index in [1.165, 1.54) is 0 Å². The molecule has 0 aliphatic rings. The van der Waals surface area contributed by atoms with E-state index in [4.69, 9.17) is 9.05 Å². The van der Waals surface area contributed by atoms with Gasteiger partial charge in [-0.15, -0.1) is 0 Å². The monoisotopic (exact) mass is 325 g/mol. The molecule has 0 fully saturated rings. The smallest absolute Gasteiger partial charge is 0.328 e. The van der Waals surface area contributed by atoms with Gasteiger partial charge in [-0.2, -0.15) is 0 Å². The second kappa shape index (κ2) is 7.73. The lowest BCUT2D eigenvalue weighted by Gasteiger charge is -2.22. The zero-order chi connectivity index (χ0) is 15.9. The van der Waals surface area contributed by atoms with Crippen LogP contribution in [0.1, 0.15) is 11.5 Å². The van der Waals surface area contributed by atoms with Crippen LogP contribution in [0, 0.1) is 0 Å². The van der Waals surface area contributed by atoms with Crippen LogP contribution in [0.25, 0.3) is 0 Å². The van der Waals surface area contributed by atoms with Gasteiger partial charge in [0, 0.05) is 6.20 Å². The Morgan fingerprint density at radius 3 is 1.74 bits per heavy atom. The minimum absolute atomic E-state index is 0.519. The molecule has 0 saturated carbocycles. The summed E-state index contributed by atoms with van der Waals surface area (Å²) >= 11 is 0. The molecule has 0 radical (unpaired) electrons. The molecule has 0 aliphatic heterocycles. The van der Waals surface area contributed by atoms with Gasteiger partial charge in [0.15, 0.2) is 5.85 Å². The van der Waals surface area contributed by atoms with Gasteiger partial charge in [0.05, 0.1) is 5.69 Å². The summed E-state index contributed by atoms with van der Waals surface area (Å²) in [7, 11) is -1.66. The molecule has 116 valence electrons. The van der Waals surface area contributed by atoms with Crippen molar-refractivity contribution in [3.05, 3.63) is 90.8 Å². The molecule has 1 unspecified atom stereocenters. The Hall–Kier alpha value is -2.42. The topological polar surface area (TPSA) is 51.6 Å². The maximum absolute atomic E-state index is 10.6. The summed E-state index contributed by atoms with van der Waals surface area (Å²) in [6.07, 6.45) is 1.64. The molecule has 1 atom stereocenters. The van der Waals surface area contributed by atoms with Gasteiger partial charge in [-0.3, -0.25) is 4.98 Å². The van der Waals surface area contributed by atoms with E-state index in [1.54, 1.807) is 18.3 Å². The van der Waals surface area contributed by atoms with Crippen LogP contribution >= 0.6 is 8.38 Å². The summed E-state index contributed by atoms with van der Waals surface area (Å²) in [5.41, 5.74) is 0.519. The van der Waals surface area contributed by atoms with Gasteiger partial charge < -0.3 is 14.2 Å². The lowest BCUT2D eigenvalue weighted by molar-refractivity contribution is 0.232. The molecular weight excluding hydrogens is 309 g/mol. The van der Waals surface area contributed by atoms with Crippen LogP contribution in [-0.2, 0) is 0 Å². The van der Waals surface area contributed by atoms with Crippen molar-refractivity contribution in [2.75, 3.05) is 0 Å². The van der Waals surface area contributed by atoms with Gasteiger partial charge in [-0.05, 0) is 36.4 Å². The largest absolute Gasteiger partial charge is 0.437 e. The summed E-state index contributed by atoms with van der Waals surface area (Å²) in [6, 6.07) is 24.0. The average Bonchev–Trinajstić information content (AvgIpc) is 2.63. The highest BCUT2D eigenvalue weighted by atomic mass is 31.2. The first-order valence-corrected chi connectivity index (χ1v) is 8.42. The van der Waals surface area contributed by atoms with Crippen molar-refractivity contribution in [1.82, 2.24) is 4.98 Å². The second-order valence-electron chi connectivity index (χ2n) is 4.72. The molecule has 2 aromatic carbocycles. The van der Waals surface area contributed by atoms with E-state index in [1.807, 2.05) is 66.7 Å². The fourth-order valence-corrected chi connectivity index (χ4v) is 3.19. The molecule has 3 aromatic rings. The van der Waals surface area contributed by atoms with Crippen molar-refractivity contribution in [2.24, 2.45) is 0 Å². The summed E-state index contributed by atoms with van der Waals surface area (Å²) in [5, 5.41) is 10.6. The summed E-state index contributed by atoms with van der Waals surface area (Å²) < 4.78 is 11.8. The van der Waals surface area contributed by atoms with E-state index in [-0.39, 0.29) is 0 Å². The molecule has 5 heteroatoms. The molecule has 0 bridgehead atoms. The van der Waals surface area contributed by atoms with Gasteiger partial charge in [0.2, 0.25) is 0 Å². The third kappa shape index (κ3) is 4.28. The highest BCUT2D eigenvalue weighted by Gasteiger charge is 2.28. The predicted octanol–water partition coefficient (Wildman–Crippen LogP) is 4.54. The SMILES string of the molecule is OC(c1ccccn1)P(Oc1ccccc1)Oc1ccccc1. The Bertz CT molecular complexity index is 669. The number of hydrogen-bond donors (Lipinski definition) is 1. The molecule has 0 aliphatic carbocycles. The number of pyridine rings is 1. The van der Waals surface area contributed by atoms with Gasteiger partial charge in [0.25, 0.3) is 0 Å². The minimum Gasteiger partial charge on any atom is -0.437 e. The fraction of sp³-hybridized carbons (Fsp3) is 0.0556. The number of aliphatic hydroxyl groups excluding tert-OH is 1. The highest BCUT2D eigenvalue weighted by Crippen LogP contribution is 2.50. The first-order valence-electron chi connectivity index (χ1n) is 7.17. The number of aromatic nitrogens is 1. The van der Waals surface area contributed by atoms with Crippen LogP contribution in [0.3, 0.4) is 0 Å². The van der Waals surface area contributed by atoms with Gasteiger partial charge in [-0.25, -0.2) is 0 Å². The number of rotatable bonds is 6. The molecule has 1 aromatic heterocycles. The van der Waals surface area contributed by atoms with Crippen LogP contribution < -0.4 is 9.05 Å². The summed E-state index contributed by atoms with van der Waals surface area (Å²) in [6.45, 7) is 0. The van der Waals surface area contributed by atoms with Crippen molar-refractivity contribution in [2.45, 2.75) is 5.85 Å². The lowest BCUT2D eigenvalue weighted by Crippen LogP contribution is -2.07. The van der Waals surface area contributed by atoms with Crippen LogP contribution in [0.15, 0.2) is 85.1 Å². The van der Waals surface area contributed by atoms with Gasteiger partial charge in [-0.1, -0.05) is 42.5 Å². The molecule has 0 amide bonds. The van der Waals surface area contributed by atoms with Crippen LogP contribution in [0.4, 0.5) is 0 Å². The summed E-state index contributed by atoms with van der Waals surface area (Å²) in [4.78, 5) is 4.19. The van der Waals surface area contributed by atoms with Gasteiger partial charge >= 0.3 is 8.38 Å². The molecule has 1 N–H and O–H groups in total. The van der Waals surface area contributed by atoms with Crippen LogP contribution in [0.5, 0.6) is 11.5 Å². The zero-order valence-corrected chi connectivity index (χ0v) is 13.2. The molecule has 0 spiro atoms. The third-order valence-electron chi connectivity index (χ3n) is 3.03. The second-order valence-corrected chi connectivity index (χ2v) is 6.15. The van der Waals surface area contributed by atoms with E-state index in [0.717, 1.165) is 0 Å². The fourth-order valence-electron chi connectivity index (χ4n) is 1.93. The van der Waals surface area contributed by atoms with E-state index < -0.39 is 14.2 Å². The Balaban J connectivity index is 1.83. The van der Waals surface area contributed by atoms with Crippen LogP contribution in [0.2, 0.25) is 0 Å². The maximum Gasteiger partial charge on any atom is 0.328 e. The molecule has 3 rings (SSSR count). The number of para-hydroxylation sites is 2. The normalized spacial score (nSPS) is 11.9. The van der Waals surface area contributed by atoms with E-state index >= 15 is 0 Å². The molecule has 23 heavy (non-hydrogen) atoms. The number of hydrogen-bond acceptors (Lipinski definition) is 4. The third-order valence-corrected chi connectivity index (χ3v) is 4.47. The Kier molecular flexibility index (Phi) is 5.20. The predicted molar refractivity (Wildman–Crippen MR) is 90.3 cm³/mol. The maximum atomic E-state index is 10.6. The van der Waals surface area contributed by atoms with Crippen molar-refractivity contribution in [1.29, 1.82) is 0 Å². The van der Waals surface area contributed by atoms with E-state index in [0.29, 0.717) is 17.2 Å². The van der Waals surface area contributed by atoms with E-state index in [2.05, 4.69) is 4.98 Å². The number of benzene rings is 2. The average molecular weight is 325 g/mol. The summed E-state index contributed by atoms with van der Waals surface area (Å²) in [5.74, 6) is 0.334. The first kappa shape index (κ1) is 15.5. The Labute approximate surface area is 136 Å². The van der Waals surface area contributed by atoms with Gasteiger partial charge in [0.1, 0.15) is 11.5 Å². The lowest BCUT2D eigenvalue weighted by atomic mass is 10.3. The Morgan fingerprint density at radius 1 is 0.739 bits per heavy atom. The van der Waals surface area contributed by atoms with Crippen molar-refractivity contribution in [3.8, 4) is 11.5 Å².